The molecule has 0 fully saturated rings. The number of ketones is 1. The molecule has 0 amide bonds. The van der Waals surface area contributed by atoms with Gasteiger partial charge >= 0.3 is 5.97 Å². The first-order valence-electron chi connectivity index (χ1n) is 7.55. The van der Waals surface area contributed by atoms with E-state index < -0.39 is 5.97 Å². The van der Waals surface area contributed by atoms with E-state index in [2.05, 4.69) is 0 Å². The number of rotatable bonds is 4. The molecule has 0 aliphatic heterocycles. The minimum Gasteiger partial charge on any atom is -0.507 e. The Morgan fingerprint density at radius 3 is 2.24 bits per heavy atom. The molecular weight excluding hydrogens is 318 g/mol. The third-order valence-corrected chi connectivity index (χ3v) is 3.61. The minimum atomic E-state index is -0.772. The first kappa shape index (κ1) is 16.3. The molecule has 0 radical (unpaired) electrons. The molecule has 0 spiro atoms. The van der Waals surface area contributed by atoms with Crippen molar-refractivity contribution in [1.82, 2.24) is 0 Å². The zero-order valence-electron chi connectivity index (χ0n) is 13.2. The number of nitrogen functional groups attached to an aromatic ring is 1. The maximum atomic E-state index is 12.6. The van der Waals surface area contributed by atoms with Gasteiger partial charge in [-0.2, -0.15) is 0 Å². The van der Waals surface area contributed by atoms with E-state index in [1.165, 1.54) is 24.3 Å². The number of nitrogens with two attached hydrogens (primary N) is 1. The van der Waals surface area contributed by atoms with Crippen LogP contribution >= 0.6 is 0 Å². The number of hydrogen-bond donors (Lipinski definition) is 2. The predicted molar refractivity (Wildman–Crippen MR) is 93.8 cm³/mol. The highest BCUT2D eigenvalue weighted by molar-refractivity contribution is 6.11. The molecule has 0 heterocycles. The van der Waals surface area contributed by atoms with Crippen molar-refractivity contribution in [3.63, 3.8) is 0 Å². The van der Waals surface area contributed by atoms with Crippen molar-refractivity contribution in [2.24, 2.45) is 0 Å². The molecule has 3 rings (SSSR count). The van der Waals surface area contributed by atoms with Crippen LogP contribution in [0.3, 0.4) is 0 Å². The van der Waals surface area contributed by atoms with E-state index in [9.17, 15) is 14.7 Å². The second-order valence-corrected chi connectivity index (χ2v) is 5.36. The minimum absolute atomic E-state index is 0.0313. The summed E-state index contributed by atoms with van der Waals surface area (Å²) in [4.78, 5) is 25.0. The Hall–Kier alpha value is -3.60. The summed E-state index contributed by atoms with van der Waals surface area (Å²) in [6.07, 6.45) is 0. The van der Waals surface area contributed by atoms with Gasteiger partial charge in [-0.15, -0.1) is 0 Å². The normalized spacial score (nSPS) is 10.2. The first-order chi connectivity index (χ1) is 12.1. The van der Waals surface area contributed by atoms with Crippen LogP contribution in [-0.4, -0.2) is 16.9 Å². The third kappa shape index (κ3) is 3.50. The standard InChI is InChI=1S/C20H15NO4/c21-14-10-11-15(17(22)12-14)20(24)25-18-9-5-4-8-16(18)19(23)13-6-2-1-3-7-13/h1-12,22H,21H2. The van der Waals surface area contributed by atoms with Crippen LogP contribution in [0.25, 0.3) is 0 Å². The molecule has 0 bridgehead atoms. The lowest BCUT2D eigenvalue weighted by molar-refractivity contribution is 0.0730. The Balaban J connectivity index is 1.91. The fourth-order valence-corrected chi connectivity index (χ4v) is 2.36. The van der Waals surface area contributed by atoms with Gasteiger partial charge < -0.3 is 15.6 Å². The molecule has 0 saturated carbocycles. The molecule has 3 N–H and O–H groups in total. The summed E-state index contributed by atoms with van der Waals surface area (Å²) >= 11 is 0. The van der Waals surface area contributed by atoms with Crippen LogP contribution in [0.5, 0.6) is 11.5 Å². The molecule has 0 atom stereocenters. The number of phenolic OH excluding ortho intramolecular Hbond substituents is 1. The molecule has 0 aliphatic carbocycles. The summed E-state index contributed by atoms with van der Waals surface area (Å²) in [5.41, 5.74) is 6.60. The van der Waals surface area contributed by atoms with Gasteiger partial charge in [-0.3, -0.25) is 4.79 Å². The quantitative estimate of drug-likeness (QED) is 0.330. The molecule has 0 aliphatic rings. The summed E-state index contributed by atoms with van der Waals surface area (Å²) in [5, 5.41) is 9.85. The Bertz CT molecular complexity index is 935. The van der Waals surface area contributed by atoms with Crippen LogP contribution in [0, 0.1) is 0 Å². The smallest absolute Gasteiger partial charge is 0.347 e. The number of benzene rings is 3. The average Bonchev–Trinajstić information content (AvgIpc) is 2.62. The number of aromatic hydroxyl groups is 1. The number of ether oxygens (including phenoxy) is 1. The molecule has 124 valence electrons. The topological polar surface area (TPSA) is 89.6 Å². The van der Waals surface area contributed by atoms with Crippen LogP contribution in [-0.2, 0) is 0 Å². The lowest BCUT2D eigenvalue weighted by atomic mass is 10.0. The van der Waals surface area contributed by atoms with Crippen molar-refractivity contribution < 1.29 is 19.4 Å². The van der Waals surface area contributed by atoms with Gasteiger partial charge in [0.2, 0.25) is 0 Å². The highest BCUT2D eigenvalue weighted by atomic mass is 16.5. The number of carbonyl (C=O) groups excluding carboxylic acids is 2. The molecule has 3 aromatic carbocycles. The van der Waals surface area contributed by atoms with Gasteiger partial charge in [-0.05, 0) is 24.3 Å². The van der Waals surface area contributed by atoms with Gasteiger partial charge in [0.05, 0.1) is 5.56 Å². The number of para-hydroxylation sites is 1. The van der Waals surface area contributed by atoms with Crippen molar-refractivity contribution in [1.29, 1.82) is 0 Å². The SMILES string of the molecule is Nc1ccc(C(=O)Oc2ccccc2C(=O)c2ccccc2)c(O)c1. The van der Waals surface area contributed by atoms with E-state index >= 15 is 0 Å². The van der Waals surface area contributed by atoms with Gasteiger partial charge in [-0.25, -0.2) is 4.79 Å². The molecule has 3 aromatic rings. The second-order valence-electron chi connectivity index (χ2n) is 5.36. The van der Waals surface area contributed by atoms with Crippen molar-refractivity contribution >= 4 is 17.4 Å². The maximum Gasteiger partial charge on any atom is 0.347 e. The fraction of sp³-hybridized carbons (Fsp3) is 0. The second kappa shape index (κ2) is 6.88. The zero-order valence-corrected chi connectivity index (χ0v) is 13.2. The van der Waals surface area contributed by atoms with Gasteiger partial charge in [0.1, 0.15) is 17.1 Å². The van der Waals surface area contributed by atoms with Crippen molar-refractivity contribution in [2.45, 2.75) is 0 Å². The van der Waals surface area contributed by atoms with Gasteiger partial charge in [0, 0.05) is 17.3 Å². The molecule has 5 nitrogen and oxygen atoms in total. The van der Waals surface area contributed by atoms with Crippen LogP contribution in [0.1, 0.15) is 26.3 Å². The average molecular weight is 333 g/mol. The van der Waals surface area contributed by atoms with Crippen LogP contribution < -0.4 is 10.5 Å². The van der Waals surface area contributed by atoms with Gasteiger partial charge in [0.25, 0.3) is 0 Å². The molecule has 25 heavy (non-hydrogen) atoms. The number of anilines is 1. The van der Waals surface area contributed by atoms with Gasteiger partial charge in [0.15, 0.2) is 5.78 Å². The third-order valence-electron chi connectivity index (χ3n) is 3.61. The maximum absolute atomic E-state index is 12.6. The van der Waals surface area contributed by atoms with E-state index in [1.807, 2.05) is 6.07 Å². The van der Waals surface area contributed by atoms with E-state index in [-0.39, 0.29) is 28.4 Å². The zero-order chi connectivity index (χ0) is 17.8. The lowest BCUT2D eigenvalue weighted by Gasteiger charge is -2.10. The predicted octanol–water partition coefficient (Wildman–Crippen LogP) is 3.42. The summed E-state index contributed by atoms with van der Waals surface area (Å²) in [6, 6.07) is 19.3. The summed E-state index contributed by atoms with van der Waals surface area (Å²) in [6.45, 7) is 0. The number of carbonyl (C=O) groups is 2. The largest absolute Gasteiger partial charge is 0.507 e. The van der Waals surface area contributed by atoms with Crippen LogP contribution in [0.2, 0.25) is 0 Å². The molecule has 0 unspecified atom stereocenters. The van der Waals surface area contributed by atoms with Crippen LogP contribution in [0.15, 0.2) is 72.8 Å². The van der Waals surface area contributed by atoms with Crippen molar-refractivity contribution in [3.05, 3.63) is 89.5 Å². The number of esters is 1. The summed E-state index contributed by atoms with van der Waals surface area (Å²) in [5.74, 6) is -1.19. The Kier molecular flexibility index (Phi) is 4.48. The monoisotopic (exact) mass is 333 g/mol. The highest BCUT2D eigenvalue weighted by Gasteiger charge is 2.19. The number of phenols is 1. The van der Waals surface area contributed by atoms with Crippen molar-refractivity contribution in [2.75, 3.05) is 5.73 Å². The first-order valence-corrected chi connectivity index (χ1v) is 7.55. The van der Waals surface area contributed by atoms with E-state index in [1.54, 1.807) is 42.5 Å². The Labute approximate surface area is 144 Å². The van der Waals surface area contributed by atoms with Crippen LogP contribution in [0.4, 0.5) is 5.69 Å². The lowest BCUT2D eigenvalue weighted by Crippen LogP contribution is -2.12. The van der Waals surface area contributed by atoms with Gasteiger partial charge in [-0.1, -0.05) is 42.5 Å². The highest BCUT2D eigenvalue weighted by Crippen LogP contribution is 2.25. The van der Waals surface area contributed by atoms with E-state index in [0.717, 1.165) is 0 Å². The molecular formula is C20H15NO4. The molecule has 0 aromatic heterocycles. The van der Waals surface area contributed by atoms with E-state index in [4.69, 9.17) is 10.5 Å². The van der Waals surface area contributed by atoms with E-state index in [0.29, 0.717) is 11.3 Å². The Morgan fingerprint density at radius 1 is 0.840 bits per heavy atom. The van der Waals surface area contributed by atoms with Crippen molar-refractivity contribution in [3.8, 4) is 11.5 Å². The summed E-state index contributed by atoms with van der Waals surface area (Å²) in [7, 11) is 0. The number of hydrogen-bond acceptors (Lipinski definition) is 5. The Morgan fingerprint density at radius 2 is 1.52 bits per heavy atom. The summed E-state index contributed by atoms with van der Waals surface area (Å²) < 4.78 is 5.33. The molecule has 5 heteroatoms. The molecule has 0 saturated heterocycles. The fourth-order valence-electron chi connectivity index (χ4n) is 2.36.